The second kappa shape index (κ2) is 9.89. The summed E-state index contributed by atoms with van der Waals surface area (Å²) in [5, 5.41) is 5.78. The fourth-order valence-electron chi connectivity index (χ4n) is 2.21. The predicted molar refractivity (Wildman–Crippen MR) is 105 cm³/mol. The Kier molecular flexibility index (Phi) is 7.54. The van der Waals surface area contributed by atoms with Gasteiger partial charge in [-0.05, 0) is 43.7 Å². The van der Waals surface area contributed by atoms with Gasteiger partial charge in [-0.15, -0.1) is 11.8 Å². The monoisotopic (exact) mass is 356 g/mol. The van der Waals surface area contributed by atoms with Gasteiger partial charge in [-0.3, -0.25) is 9.59 Å². The predicted octanol–water partition coefficient (Wildman–Crippen LogP) is 4.85. The van der Waals surface area contributed by atoms with Crippen LogP contribution in [0, 0.1) is 6.92 Å². The summed E-state index contributed by atoms with van der Waals surface area (Å²) < 4.78 is 0. The van der Waals surface area contributed by atoms with Crippen molar-refractivity contribution in [3.63, 3.8) is 0 Å². The van der Waals surface area contributed by atoms with Crippen LogP contribution in [0.5, 0.6) is 0 Å². The van der Waals surface area contributed by atoms with Gasteiger partial charge in [-0.2, -0.15) is 0 Å². The van der Waals surface area contributed by atoms with Gasteiger partial charge in [0.2, 0.25) is 11.8 Å². The Balaban J connectivity index is 1.83. The average Bonchev–Trinajstić information content (AvgIpc) is 2.60. The second-order valence-electron chi connectivity index (χ2n) is 5.88. The van der Waals surface area contributed by atoms with Crippen LogP contribution in [0.4, 0.5) is 11.4 Å². The van der Waals surface area contributed by atoms with Crippen molar-refractivity contribution in [3.8, 4) is 0 Å². The molecule has 0 unspecified atom stereocenters. The summed E-state index contributed by atoms with van der Waals surface area (Å²) in [7, 11) is 0. The number of thioether (sulfide) groups is 1. The highest BCUT2D eigenvalue weighted by Crippen LogP contribution is 2.22. The van der Waals surface area contributed by atoms with Crippen molar-refractivity contribution in [2.75, 3.05) is 16.4 Å². The van der Waals surface area contributed by atoms with Crippen LogP contribution in [0.15, 0.2) is 53.4 Å². The fourth-order valence-corrected chi connectivity index (χ4v) is 2.96. The van der Waals surface area contributed by atoms with Gasteiger partial charge in [0.15, 0.2) is 0 Å². The molecule has 0 heterocycles. The first kappa shape index (κ1) is 19.1. The molecule has 0 aliphatic rings. The summed E-state index contributed by atoms with van der Waals surface area (Å²) >= 11 is 1.45. The Morgan fingerprint density at radius 1 is 0.960 bits per heavy atom. The Hall–Kier alpha value is -2.27. The number of hydrogen-bond donors (Lipinski definition) is 2. The highest BCUT2D eigenvalue weighted by molar-refractivity contribution is 8.00. The van der Waals surface area contributed by atoms with Crippen molar-refractivity contribution < 1.29 is 9.59 Å². The van der Waals surface area contributed by atoms with Crippen LogP contribution >= 0.6 is 11.8 Å². The number of amides is 2. The zero-order valence-electron chi connectivity index (χ0n) is 14.7. The van der Waals surface area contributed by atoms with E-state index in [2.05, 4.69) is 17.6 Å². The molecule has 0 radical (unpaired) electrons. The van der Waals surface area contributed by atoms with E-state index < -0.39 is 0 Å². The highest BCUT2D eigenvalue weighted by atomic mass is 32.2. The van der Waals surface area contributed by atoms with E-state index in [1.807, 2.05) is 55.5 Å². The van der Waals surface area contributed by atoms with Gasteiger partial charge in [0, 0.05) is 22.7 Å². The lowest BCUT2D eigenvalue weighted by Gasteiger charge is -2.08. The third kappa shape index (κ3) is 7.01. The number of benzene rings is 2. The molecule has 0 fully saturated rings. The number of unbranched alkanes of at least 4 members (excludes halogenated alkanes) is 1. The molecule has 0 aliphatic heterocycles. The van der Waals surface area contributed by atoms with E-state index in [0.29, 0.717) is 12.2 Å². The summed E-state index contributed by atoms with van der Waals surface area (Å²) in [6, 6.07) is 15.3. The standard InChI is InChI=1S/C20H24N2O2S/c1-3-4-8-19(23)22-17-6-5-7-18(13-17)25-14-20(24)21-16-11-9-15(2)10-12-16/h5-7,9-13H,3-4,8,14H2,1-2H3,(H,21,24)(H,22,23). The van der Waals surface area contributed by atoms with Crippen molar-refractivity contribution >= 4 is 35.0 Å². The molecule has 2 aromatic rings. The third-order valence-electron chi connectivity index (χ3n) is 3.58. The molecule has 0 bridgehead atoms. The van der Waals surface area contributed by atoms with Crippen LogP contribution in [0.3, 0.4) is 0 Å². The highest BCUT2D eigenvalue weighted by Gasteiger charge is 2.06. The van der Waals surface area contributed by atoms with E-state index >= 15 is 0 Å². The Morgan fingerprint density at radius 2 is 1.68 bits per heavy atom. The molecule has 2 N–H and O–H groups in total. The smallest absolute Gasteiger partial charge is 0.234 e. The van der Waals surface area contributed by atoms with Gasteiger partial charge in [-0.1, -0.05) is 37.1 Å². The number of hydrogen-bond acceptors (Lipinski definition) is 3. The third-order valence-corrected chi connectivity index (χ3v) is 4.57. The summed E-state index contributed by atoms with van der Waals surface area (Å²) in [5.74, 6) is 0.300. The van der Waals surface area contributed by atoms with Gasteiger partial charge in [0.25, 0.3) is 0 Å². The SMILES string of the molecule is CCCCC(=O)Nc1cccc(SCC(=O)Nc2ccc(C)cc2)c1. The van der Waals surface area contributed by atoms with Crippen LogP contribution in [0.1, 0.15) is 31.7 Å². The fraction of sp³-hybridized carbons (Fsp3) is 0.300. The van der Waals surface area contributed by atoms with Crippen LogP contribution in [-0.2, 0) is 9.59 Å². The molecule has 2 aromatic carbocycles. The molecule has 0 saturated carbocycles. The van der Waals surface area contributed by atoms with Crippen LogP contribution in [-0.4, -0.2) is 17.6 Å². The number of anilines is 2. The molecule has 25 heavy (non-hydrogen) atoms. The van der Waals surface area contributed by atoms with Crippen molar-refractivity contribution in [1.29, 1.82) is 0 Å². The average molecular weight is 356 g/mol. The van der Waals surface area contributed by atoms with Gasteiger partial charge >= 0.3 is 0 Å². The summed E-state index contributed by atoms with van der Waals surface area (Å²) in [4.78, 5) is 24.8. The van der Waals surface area contributed by atoms with Gasteiger partial charge in [0.1, 0.15) is 0 Å². The molecule has 0 spiro atoms. The van der Waals surface area contributed by atoms with Crippen LogP contribution in [0.25, 0.3) is 0 Å². The van der Waals surface area contributed by atoms with E-state index in [1.165, 1.54) is 11.8 Å². The molecular formula is C20H24N2O2S. The quantitative estimate of drug-likeness (QED) is 0.665. The maximum atomic E-state index is 12.0. The largest absolute Gasteiger partial charge is 0.326 e. The van der Waals surface area contributed by atoms with Crippen molar-refractivity contribution in [2.45, 2.75) is 38.0 Å². The maximum absolute atomic E-state index is 12.0. The van der Waals surface area contributed by atoms with E-state index in [1.54, 1.807) is 0 Å². The zero-order valence-corrected chi connectivity index (χ0v) is 15.5. The van der Waals surface area contributed by atoms with E-state index in [0.717, 1.165) is 34.7 Å². The molecule has 0 aromatic heterocycles. The molecule has 0 saturated heterocycles. The van der Waals surface area contributed by atoms with Gasteiger partial charge in [0.05, 0.1) is 5.75 Å². The van der Waals surface area contributed by atoms with Gasteiger partial charge < -0.3 is 10.6 Å². The van der Waals surface area contributed by atoms with Crippen molar-refractivity contribution in [2.24, 2.45) is 0 Å². The molecule has 0 aliphatic carbocycles. The maximum Gasteiger partial charge on any atom is 0.234 e. The summed E-state index contributed by atoms with van der Waals surface area (Å²) in [6.07, 6.45) is 2.42. The Morgan fingerprint density at radius 3 is 2.40 bits per heavy atom. The van der Waals surface area contributed by atoms with Gasteiger partial charge in [-0.25, -0.2) is 0 Å². The molecule has 2 rings (SSSR count). The molecule has 5 heteroatoms. The van der Waals surface area contributed by atoms with E-state index in [9.17, 15) is 9.59 Å². The topological polar surface area (TPSA) is 58.2 Å². The number of nitrogens with one attached hydrogen (secondary N) is 2. The van der Waals surface area contributed by atoms with Crippen LogP contribution in [0.2, 0.25) is 0 Å². The Bertz CT molecular complexity index is 714. The number of aryl methyl sites for hydroxylation is 1. The van der Waals surface area contributed by atoms with E-state index in [4.69, 9.17) is 0 Å². The molecule has 2 amide bonds. The zero-order chi connectivity index (χ0) is 18.1. The Labute approximate surface area is 153 Å². The lowest BCUT2D eigenvalue weighted by molar-refractivity contribution is -0.116. The number of carbonyl (C=O) groups is 2. The summed E-state index contributed by atoms with van der Waals surface area (Å²) in [5.41, 5.74) is 2.73. The molecular weight excluding hydrogens is 332 g/mol. The molecule has 132 valence electrons. The lowest BCUT2D eigenvalue weighted by atomic mass is 10.2. The van der Waals surface area contributed by atoms with Crippen molar-refractivity contribution in [3.05, 3.63) is 54.1 Å². The van der Waals surface area contributed by atoms with Crippen LogP contribution < -0.4 is 10.6 Å². The molecule has 4 nitrogen and oxygen atoms in total. The second-order valence-corrected chi connectivity index (χ2v) is 6.93. The normalized spacial score (nSPS) is 10.3. The first-order chi connectivity index (χ1) is 12.1. The van der Waals surface area contributed by atoms with E-state index in [-0.39, 0.29) is 11.8 Å². The molecule has 0 atom stereocenters. The minimum atomic E-state index is -0.0498. The number of carbonyl (C=O) groups excluding carboxylic acids is 2. The minimum Gasteiger partial charge on any atom is -0.326 e. The minimum absolute atomic E-state index is 0.0288. The first-order valence-electron chi connectivity index (χ1n) is 8.46. The lowest BCUT2D eigenvalue weighted by Crippen LogP contribution is -2.14. The first-order valence-corrected chi connectivity index (χ1v) is 9.44. The number of rotatable bonds is 8. The van der Waals surface area contributed by atoms with Crippen molar-refractivity contribution in [1.82, 2.24) is 0 Å². The summed E-state index contributed by atoms with van der Waals surface area (Å²) in [6.45, 7) is 4.07.